The van der Waals surface area contributed by atoms with Crippen LogP contribution in [0, 0.1) is 0 Å². The van der Waals surface area contributed by atoms with E-state index in [2.05, 4.69) is 15.5 Å². The molecule has 1 atom stereocenters. The van der Waals surface area contributed by atoms with Crippen LogP contribution in [0.25, 0.3) is 0 Å². The highest BCUT2D eigenvalue weighted by atomic mass is 16.5. The largest absolute Gasteiger partial charge is 0.480 e. The molecule has 0 saturated heterocycles. The van der Waals surface area contributed by atoms with Crippen molar-refractivity contribution in [2.75, 3.05) is 7.05 Å². The van der Waals surface area contributed by atoms with Gasteiger partial charge in [0.2, 0.25) is 17.7 Å². The Morgan fingerprint density at radius 1 is 1.26 bits per heavy atom. The molecule has 1 saturated carbocycles. The SMILES string of the molecule is CC(=O)NC1(c2noc(CCC(=O)N(C)C(C)C(=O)O)n2)CCCCCC1. The number of amides is 2. The smallest absolute Gasteiger partial charge is 0.326 e. The van der Waals surface area contributed by atoms with Crippen LogP contribution < -0.4 is 5.32 Å². The second-order valence-corrected chi connectivity index (χ2v) is 7.21. The molecular formula is C18H28N4O5. The Balaban J connectivity index is 2.06. The number of carbonyl (C=O) groups excluding carboxylic acids is 2. The summed E-state index contributed by atoms with van der Waals surface area (Å²) < 4.78 is 5.30. The fraction of sp³-hybridized carbons (Fsp3) is 0.722. The highest BCUT2D eigenvalue weighted by molar-refractivity contribution is 5.83. The Labute approximate surface area is 158 Å². The first-order valence-electron chi connectivity index (χ1n) is 9.35. The molecule has 0 bridgehead atoms. The molecule has 1 aromatic rings. The topological polar surface area (TPSA) is 126 Å². The van der Waals surface area contributed by atoms with Gasteiger partial charge >= 0.3 is 5.97 Å². The Hall–Kier alpha value is -2.45. The fourth-order valence-corrected chi connectivity index (χ4v) is 3.40. The average Bonchev–Trinajstić information content (AvgIpc) is 2.98. The summed E-state index contributed by atoms with van der Waals surface area (Å²) >= 11 is 0. The minimum atomic E-state index is -1.06. The lowest BCUT2D eigenvalue weighted by molar-refractivity contribution is -0.148. The van der Waals surface area contributed by atoms with Crippen molar-refractivity contribution in [1.29, 1.82) is 0 Å². The molecule has 9 heteroatoms. The van der Waals surface area contributed by atoms with Gasteiger partial charge < -0.3 is 19.8 Å². The van der Waals surface area contributed by atoms with Gasteiger partial charge in [0.05, 0.1) is 0 Å². The van der Waals surface area contributed by atoms with Crippen LogP contribution in [0.4, 0.5) is 0 Å². The number of aryl methyl sites for hydroxylation is 1. The number of aromatic nitrogens is 2. The summed E-state index contributed by atoms with van der Waals surface area (Å²) in [6, 6.07) is -0.898. The quantitative estimate of drug-likeness (QED) is 0.688. The van der Waals surface area contributed by atoms with E-state index in [0.717, 1.165) is 38.5 Å². The number of likely N-dealkylation sites (N-methyl/N-ethyl adjacent to an activating group) is 1. The molecule has 1 heterocycles. The summed E-state index contributed by atoms with van der Waals surface area (Å²) in [5.41, 5.74) is -0.622. The van der Waals surface area contributed by atoms with Crippen molar-refractivity contribution >= 4 is 17.8 Å². The Morgan fingerprint density at radius 2 is 1.89 bits per heavy atom. The molecule has 1 aliphatic rings. The molecule has 0 aromatic carbocycles. The second kappa shape index (κ2) is 8.96. The van der Waals surface area contributed by atoms with Crippen LogP contribution in [0.3, 0.4) is 0 Å². The maximum absolute atomic E-state index is 12.1. The zero-order valence-corrected chi connectivity index (χ0v) is 16.2. The number of nitrogens with one attached hydrogen (secondary N) is 1. The van der Waals surface area contributed by atoms with Crippen LogP contribution in [0.15, 0.2) is 4.52 Å². The maximum Gasteiger partial charge on any atom is 0.326 e. The van der Waals surface area contributed by atoms with Gasteiger partial charge in [-0.05, 0) is 19.8 Å². The average molecular weight is 380 g/mol. The minimum absolute atomic E-state index is 0.0723. The van der Waals surface area contributed by atoms with Crippen molar-refractivity contribution in [3.8, 4) is 0 Å². The third-order valence-electron chi connectivity index (χ3n) is 5.15. The van der Waals surface area contributed by atoms with Crippen LogP contribution in [0.1, 0.15) is 70.5 Å². The molecule has 2 N–H and O–H groups in total. The second-order valence-electron chi connectivity index (χ2n) is 7.21. The molecule has 1 fully saturated rings. The summed E-state index contributed by atoms with van der Waals surface area (Å²) in [4.78, 5) is 40.5. The monoisotopic (exact) mass is 380 g/mol. The number of nitrogens with zero attached hydrogens (tertiary/aromatic N) is 3. The molecule has 0 aliphatic heterocycles. The molecule has 1 aliphatic carbocycles. The zero-order valence-electron chi connectivity index (χ0n) is 16.2. The first kappa shape index (κ1) is 20.9. The summed E-state index contributed by atoms with van der Waals surface area (Å²) in [5, 5.41) is 16.1. The number of carboxylic acid groups (broad SMARTS) is 1. The normalized spacial score (nSPS) is 17.6. The van der Waals surface area contributed by atoms with Gasteiger partial charge in [0.1, 0.15) is 11.6 Å². The lowest BCUT2D eigenvalue weighted by Crippen LogP contribution is -2.45. The van der Waals surface area contributed by atoms with Crippen molar-refractivity contribution in [3.63, 3.8) is 0 Å². The minimum Gasteiger partial charge on any atom is -0.480 e. The summed E-state index contributed by atoms with van der Waals surface area (Å²) in [6.07, 6.45) is 5.96. The number of rotatable bonds is 7. The van der Waals surface area contributed by atoms with Crippen LogP contribution in [0.2, 0.25) is 0 Å². The van der Waals surface area contributed by atoms with Gasteiger partial charge in [-0.25, -0.2) is 4.79 Å². The highest BCUT2D eigenvalue weighted by Gasteiger charge is 2.38. The Morgan fingerprint density at radius 3 is 2.44 bits per heavy atom. The number of carboxylic acids is 1. The molecule has 150 valence electrons. The van der Waals surface area contributed by atoms with E-state index in [1.54, 1.807) is 0 Å². The van der Waals surface area contributed by atoms with Crippen LogP contribution in [-0.4, -0.2) is 51.0 Å². The van der Waals surface area contributed by atoms with E-state index in [1.807, 2.05) is 0 Å². The van der Waals surface area contributed by atoms with E-state index in [4.69, 9.17) is 9.63 Å². The molecule has 1 aromatic heterocycles. The number of carbonyl (C=O) groups is 3. The Bertz CT molecular complexity index is 679. The van der Waals surface area contributed by atoms with Gasteiger partial charge in [0.15, 0.2) is 5.82 Å². The standard InChI is InChI=1S/C18H28N4O5/c1-12(16(25)26)22(3)15(24)9-8-14-19-17(21-27-14)18(20-13(2)23)10-6-4-5-7-11-18/h12H,4-11H2,1-3H3,(H,20,23)(H,25,26). The summed E-state index contributed by atoms with van der Waals surface area (Å²) in [6.45, 7) is 2.93. The fourth-order valence-electron chi connectivity index (χ4n) is 3.40. The van der Waals surface area contributed by atoms with E-state index in [-0.39, 0.29) is 24.7 Å². The zero-order chi connectivity index (χ0) is 20.0. The van der Waals surface area contributed by atoms with Crippen molar-refractivity contribution < 1.29 is 24.0 Å². The van der Waals surface area contributed by atoms with E-state index in [0.29, 0.717) is 11.7 Å². The Kier molecular flexibility index (Phi) is 6.92. The molecule has 1 unspecified atom stereocenters. The molecule has 0 spiro atoms. The van der Waals surface area contributed by atoms with E-state index < -0.39 is 17.6 Å². The lowest BCUT2D eigenvalue weighted by Gasteiger charge is -2.30. The van der Waals surface area contributed by atoms with Gasteiger partial charge in [-0.15, -0.1) is 0 Å². The van der Waals surface area contributed by atoms with Gasteiger partial charge in [-0.3, -0.25) is 9.59 Å². The molecule has 27 heavy (non-hydrogen) atoms. The number of hydrogen-bond donors (Lipinski definition) is 2. The van der Waals surface area contributed by atoms with Crippen LogP contribution in [-0.2, 0) is 26.3 Å². The molecular weight excluding hydrogens is 352 g/mol. The van der Waals surface area contributed by atoms with Crippen molar-refractivity contribution in [2.45, 2.75) is 76.8 Å². The van der Waals surface area contributed by atoms with Gasteiger partial charge in [0, 0.05) is 26.8 Å². The molecule has 2 rings (SSSR count). The molecule has 0 radical (unpaired) electrons. The van der Waals surface area contributed by atoms with Gasteiger partial charge in [-0.2, -0.15) is 4.98 Å². The first-order valence-corrected chi connectivity index (χ1v) is 9.35. The molecule has 9 nitrogen and oxygen atoms in total. The van der Waals surface area contributed by atoms with Crippen molar-refractivity contribution in [1.82, 2.24) is 20.4 Å². The van der Waals surface area contributed by atoms with Crippen LogP contribution >= 0.6 is 0 Å². The predicted molar refractivity (Wildman–Crippen MR) is 95.7 cm³/mol. The first-order chi connectivity index (χ1) is 12.7. The summed E-state index contributed by atoms with van der Waals surface area (Å²) in [5.74, 6) is -0.743. The maximum atomic E-state index is 12.1. The number of hydrogen-bond acceptors (Lipinski definition) is 6. The van der Waals surface area contributed by atoms with Gasteiger partial charge in [-0.1, -0.05) is 30.8 Å². The number of aliphatic carboxylic acids is 1. The summed E-state index contributed by atoms with van der Waals surface area (Å²) in [7, 11) is 1.46. The highest BCUT2D eigenvalue weighted by Crippen LogP contribution is 2.34. The third kappa shape index (κ3) is 5.27. The van der Waals surface area contributed by atoms with Crippen LogP contribution in [0.5, 0.6) is 0 Å². The van der Waals surface area contributed by atoms with E-state index in [9.17, 15) is 14.4 Å². The van der Waals surface area contributed by atoms with E-state index in [1.165, 1.54) is 25.8 Å². The van der Waals surface area contributed by atoms with Crippen molar-refractivity contribution in [3.05, 3.63) is 11.7 Å². The third-order valence-corrected chi connectivity index (χ3v) is 5.15. The predicted octanol–water partition coefficient (Wildman–Crippen LogP) is 1.62. The van der Waals surface area contributed by atoms with Crippen molar-refractivity contribution in [2.24, 2.45) is 0 Å². The molecule has 2 amide bonds. The van der Waals surface area contributed by atoms with Gasteiger partial charge in [0.25, 0.3) is 0 Å². The lowest BCUT2D eigenvalue weighted by atomic mass is 9.89. The van der Waals surface area contributed by atoms with E-state index >= 15 is 0 Å².